The van der Waals surface area contributed by atoms with E-state index in [-0.39, 0.29) is 31.0 Å². The molecule has 0 saturated carbocycles. The highest BCUT2D eigenvalue weighted by Crippen LogP contribution is 2.14. The number of aliphatic hydroxyl groups is 1. The third-order valence-corrected chi connectivity index (χ3v) is 3.26. The molecule has 0 radical (unpaired) electrons. The van der Waals surface area contributed by atoms with Crippen molar-refractivity contribution in [2.75, 3.05) is 13.2 Å². The number of para-hydroxylation sites is 1. The average Bonchev–Trinajstić information content (AvgIpc) is 2.94. The zero-order valence-electron chi connectivity index (χ0n) is 11.8. The first kappa shape index (κ1) is 15.1. The Kier molecular flexibility index (Phi) is 4.94. The second-order valence-corrected chi connectivity index (χ2v) is 4.81. The molecule has 21 heavy (non-hydrogen) atoms. The molecule has 1 aromatic heterocycles. The summed E-state index contributed by atoms with van der Waals surface area (Å²) in [5, 5.41) is 15.1. The van der Waals surface area contributed by atoms with Crippen LogP contribution in [0, 0.1) is 0 Å². The standard InChI is InChI=1S/C15H19N3O3/c1-2-11(9-19)17-14(20)8-16-15(21)13-7-10-5-3-4-6-12(10)18-13/h3-7,11,18-19H,2,8-9H2,1H3,(H,16,21)(H,17,20). The monoisotopic (exact) mass is 289 g/mol. The number of hydrogen-bond acceptors (Lipinski definition) is 3. The molecule has 2 amide bonds. The Labute approximate surface area is 122 Å². The van der Waals surface area contributed by atoms with E-state index in [4.69, 9.17) is 5.11 Å². The van der Waals surface area contributed by atoms with Gasteiger partial charge in [0.25, 0.3) is 5.91 Å². The molecular weight excluding hydrogens is 270 g/mol. The first-order valence-corrected chi connectivity index (χ1v) is 6.90. The molecule has 0 fully saturated rings. The molecule has 0 bridgehead atoms. The minimum atomic E-state index is -0.335. The molecule has 6 heteroatoms. The van der Waals surface area contributed by atoms with E-state index in [9.17, 15) is 9.59 Å². The smallest absolute Gasteiger partial charge is 0.268 e. The van der Waals surface area contributed by atoms with Crippen molar-refractivity contribution in [2.24, 2.45) is 0 Å². The lowest BCUT2D eigenvalue weighted by Gasteiger charge is -2.13. The van der Waals surface area contributed by atoms with Crippen molar-refractivity contribution in [3.8, 4) is 0 Å². The maximum absolute atomic E-state index is 12.0. The second kappa shape index (κ2) is 6.90. The van der Waals surface area contributed by atoms with Crippen LogP contribution >= 0.6 is 0 Å². The van der Waals surface area contributed by atoms with Crippen LogP contribution < -0.4 is 10.6 Å². The molecule has 6 nitrogen and oxygen atoms in total. The lowest BCUT2D eigenvalue weighted by molar-refractivity contribution is -0.121. The van der Waals surface area contributed by atoms with Crippen LogP contribution in [0.1, 0.15) is 23.8 Å². The number of nitrogens with one attached hydrogen (secondary N) is 3. The SMILES string of the molecule is CCC(CO)NC(=O)CNC(=O)c1cc2ccccc2[nH]1. The van der Waals surface area contributed by atoms with Gasteiger partial charge in [0.15, 0.2) is 0 Å². The molecule has 2 aromatic rings. The van der Waals surface area contributed by atoms with Crippen molar-refractivity contribution in [3.05, 3.63) is 36.0 Å². The third kappa shape index (κ3) is 3.82. The zero-order chi connectivity index (χ0) is 15.2. The van der Waals surface area contributed by atoms with Crippen LogP contribution in [-0.2, 0) is 4.79 Å². The summed E-state index contributed by atoms with van der Waals surface area (Å²) in [5.74, 6) is -0.654. The van der Waals surface area contributed by atoms with Crippen LogP contribution in [0.15, 0.2) is 30.3 Å². The molecule has 0 spiro atoms. The van der Waals surface area contributed by atoms with Crippen LogP contribution in [-0.4, -0.2) is 41.1 Å². The molecule has 0 aliphatic carbocycles. The fraction of sp³-hybridized carbons (Fsp3) is 0.333. The van der Waals surface area contributed by atoms with Crippen molar-refractivity contribution in [2.45, 2.75) is 19.4 Å². The molecule has 0 saturated heterocycles. The lowest BCUT2D eigenvalue weighted by atomic mass is 10.2. The number of aromatic amines is 1. The minimum Gasteiger partial charge on any atom is -0.394 e. The molecule has 0 aliphatic rings. The Hall–Kier alpha value is -2.34. The molecule has 1 unspecified atom stereocenters. The van der Waals surface area contributed by atoms with Crippen LogP contribution in [0.25, 0.3) is 10.9 Å². The number of H-pyrrole nitrogens is 1. The molecule has 1 heterocycles. The average molecular weight is 289 g/mol. The van der Waals surface area contributed by atoms with E-state index in [1.54, 1.807) is 6.07 Å². The maximum atomic E-state index is 12.0. The summed E-state index contributed by atoms with van der Waals surface area (Å²) in [6, 6.07) is 9.03. The number of aromatic nitrogens is 1. The first-order valence-electron chi connectivity index (χ1n) is 6.90. The van der Waals surface area contributed by atoms with Gasteiger partial charge >= 0.3 is 0 Å². The van der Waals surface area contributed by atoms with Gasteiger partial charge in [0.1, 0.15) is 5.69 Å². The van der Waals surface area contributed by atoms with E-state index < -0.39 is 0 Å². The number of hydrogen-bond donors (Lipinski definition) is 4. The van der Waals surface area contributed by atoms with Crippen molar-refractivity contribution in [1.82, 2.24) is 15.6 Å². The molecule has 4 N–H and O–H groups in total. The van der Waals surface area contributed by atoms with Gasteiger partial charge in [-0.2, -0.15) is 0 Å². The largest absolute Gasteiger partial charge is 0.394 e. The van der Waals surface area contributed by atoms with Crippen LogP contribution in [0.4, 0.5) is 0 Å². The van der Waals surface area contributed by atoms with Crippen LogP contribution in [0.2, 0.25) is 0 Å². The summed E-state index contributed by atoms with van der Waals surface area (Å²) in [6.07, 6.45) is 0.637. The van der Waals surface area contributed by atoms with Crippen molar-refractivity contribution >= 4 is 22.7 Å². The summed E-state index contributed by atoms with van der Waals surface area (Å²) in [6.45, 7) is 1.63. The number of benzene rings is 1. The highest BCUT2D eigenvalue weighted by molar-refractivity contribution is 5.99. The summed E-state index contributed by atoms with van der Waals surface area (Å²) in [4.78, 5) is 26.6. The second-order valence-electron chi connectivity index (χ2n) is 4.81. The highest BCUT2D eigenvalue weighted by atomic mass is 16.3. The van der Waals surface area contributed by atoms with Crippen LogP contribution in [0.5, 0.6) is 0 Å². The quantitative estimate of drug-likeness (QED) is 0.633. The predicted octanol–water partition coefficient (Wildman–Crippen LogP) is 0.785. The molecule has 112 valence electrons. The lowest BCUT2D eigenvalue weighted by Crippen LogP contribution is -2.43. The van der Waals surface area contributed by atoms with E-state index >= 15 is 0 Å². The fourth-order valence-electron chi connectivity index (χ4n) is 2.01. The molecule has 1 aromatic carbocycles. The highest BCUT2D eigenvalue weighted by Gasteiger charge is 2.12. The number of rotatable bonds is 6. The van der Waals surface area contributed by atoms with Gasteiger partial charge < -0.3 is 20.7 Å². The van der Waals surface area contributed by atoms with Gasteiger partial charge in [-0.1, -0.05) is 25.1 Å². The number of fused-ring (bicyclic) bond motifs is 1. The molecule has 0 aliphatic heterocycles. The van der Waals surface area contributed by atoms with Gasteiger partial charge in [-0.15, -0.1) is 0 Å². The van der Waals surface area contributed by atoms with Crippen LogP contribution in [0.3, 0.4) is 0 Å². The predicted molar refractivity (Wildman–Crippen MR) is 79.9 cm³/mol. The van der Waals surface area contributed by atoms with E-state index in [0.29, 0.717) is 12.1 Å². The van der Waals surface area contributed by atoms with Gasteiger partial charge in [-0.3, -0.25) is 9.59 Å². The van der Waals surface area contributed by atoms with Crippen molar-refractivity contribution in [3.63, 3.8) is 0 Å². The summed E-state index contributed by atoms with van der Waals surface area (Å²) >= 11 is 0. The topological polar surface area (TPSA) is 94.2 Å². The number of carbonyl (C=O) groups excluding carboxylic acids is 2. The summed E-state index contributed by atoms with van der Waals surface area (Å²) < 4.78 is 0. The molecule has 1 atom stereocenters. The van der Waals surface area contributed by atoms with E-state index in [1.807, 2.05) is 31.2 Å². The van der Waals surface area contributed by atoms with Gasteiger partial charge in [0.2, 0.25) is 5.91 Å². The molecular formula is C15H19N3O3. The summed E-state index contributed by atoms with van der Waals surface area (Å²) in [5.41, 5.74) is 1.29. The van der Waals surface area contributed by atoms with Crippen molar-refractivity contribution < 1.29 is 14.7 Å². The number of carbonyl (C=O) groups is 2. The third-order valence-electron chi connectivity index (χ3n) is 3.26. The Bertz CT molecular complexity index is 599. The Morgan fingerprint density at radius 1 is 1.33 bits per heavy atom. The van der Waals surface area contributed by atoms with Gasteiger partial charge in [-0.25, -0.2) is 0 Å². The van der Waals surface area contributed by atoms with Crippen molar-refractivity contribution in [1.29, 1.82) is 0 Å². The Balaban J connectivity index is 1.91. The zero-order valence-corrected chi connectivity index (χ0v) is 11.8. The van der Waals surface area contributed by atoms with Gasteiger partial charge in [-0.05, 0) is 18.6 Å². The van der Waals surface area contributed by atoms with Gasteiger partial charge in [0.05, 0.1) is 19.2 Å². The first-order chi connectivity index (χ1) is 10.1. The van der Waals surface area contributed by atoms with E-state index in [0.717, 1.165) is 10.9 Å². The van der Waals surface area contributed by atoms with E-state index in [1.165, 1.54) is 0 Å². The molecule has 2 rings (SSSR count). The van der Waals surface area contributed by atoms with Gasteiger partial charge in [0, 0.05) is 10.9 Å². The minimum absolute atomic E-state index is 0.113. The maximum Gasteiger partial charge on any atom is 0.268 e. The number of amides is 2. The summed E-state index contributed by atoms with van der Waals surface area (Å²) in [7, 11) is 0. The number of aliphatic hydroxyl groups excluding tert-OH is 1. The normalized spacial score (nSPS) is 12.1. The fourth-order valence-corrected chi connectivity index (χ4v) is 2.01. The Morgan fingerprint density at radius 3 is 2.76 bits per heavy atom. The Morgan fingerprint density at radius 2 is 2.10 bits per heavy atom. The van der Waals surface area contributed by atoms with E-state index in [2.05, 4.69) is 15.6 Å².